The van der Waals surface area contributed by atoms with E-state index in [2.05, 4.69) is 14.8 Å². The molecule has 2 aromatic carbocycles. The first kappa shape index (κ1) is 23.9. The maximum Gasteiger partial charge on any atom is 0.285 e. The van der Waals surface area contributed by atoms with E-state index in [0.29, 0.717) is 5.56 Å². The predicted molar refractivity (Wildman–Crippen MR) is 135 cm³/mol. The lowest BCUT2D eigenvalue weighted by molar-refractivity contribution is -0.122. The summed E-state index contributed by atoms with van der Waals surface area (Å²) in [7, 11) is 0.150. The van der Waals surface area contributed by atoms with Crippen LogP contribution in [0.4, 0.5) is 5.69 Å². The van der Waals surface area contributed by atoms with Crippen LogP contribution in [-0.2, 0) is 14.8 Å². The Hall–Kier alpha value is -3.20. The normalized spacial score (nSPS) is 17.3. The van der Waals surface area contributed by atoms with Gasteiger partial charge in [0.25, 0.3) is 10.0 Å². The fraction of sp³-hybridized carbons (Fsp3) is 0.400. The van der Waals surface area contributed by atoms with Crippen LogP contribution in [0.15, 0.2) is 62.9 Å². The molecule has 0 radical (unpaired) electrons. The fourth-order valence-electron chi connectivity index (χ4n) is 4.24. The molecule has 2 aromatic rings. The molecule has 1 N–H and O–H groups in total. The third-order valence-corrected chi connectivity index (χ3v) is 7.46. The molecule has 0 saturated heterocycles. The minimum Gasteiger partial charge on any atom is -0.378 e. The highest BCUT2D eigenvalue weighted by Crippen LogP contribution is 2.28. The summed E-state index contributed by atoms with van der Waals surface area (Å²) >= 11 is 0. The summed E-state index contributed by atoms with van der Waals surface area (Å²) in [5, 5.41) is 9.18. The number of hydrogen-bond donors (Lipinski definition) is 1. The van der Waals surface area contributed by atoms with Gasteiger partial charge in [-0.25, -0.2) is 5.01 Å². The standard InChI is InChI=1S/C25H31N5O3S/c1-29(2)21-14-12-19(13-15-21)18-26-30(17-16-24(31)27-20-8-4-3-5-9-20)25-22-10-6-7-11-23(22)34(32,33)28-25/h6-7,10-15,18,20H,3-5,8-9,16-17H2,1-2H3,(H,27,31). The van der Waals surface area contributed by atoms with E-state index in [1.165, 1.54) is 11.4 Å². The Morgan fingerprint density at radius 2 is 1.79 bits per heavy atom. The van der Waals surface area contributed by atoms with Gasteiger partial charge < -0.3 is 10.2 Å². The summed E-state index contributed by atoms with van der Waals surface area (Å²) < 4.78 is 29.2. The topological polar surface area (TPSA) is 94.4 Å². The highest BCUT2D eigenvalue weighted by Gasteiger charge is 2.32. The Balaban J connectivity index is 1.54. The van der Waals surface area contributed by atoms with Crippen molar-refractivity contribution >= 4 is 33.7 Å². The number of rotatable bonds is 7. The summed E-state index contributed by atoms with van der Waals surface area (Å²) in [4.78, 5) is 14.8. The number of amidine groups is 1. The van der Waals surface area contributed by atoms with Crippen LogP contribution >= 0.6 is 0 Å². The van der Waals surface area contributed by atoms with Crippen molar-refractivity contribution in [2.75, 3.05) is 25.5 Å². The van der Waals surface area contributed by atoms with Crippen molar-refractivity contribution in [1.29, 1.82) is 0 Å². The van der Waals surface area contributed by atoms with Crippen LogP contribution in [0.5, 0.6) is 0 Å². The van der Waals surface area contributed by atoms with Crippen molar-refractivity contribution in [2.45, 2.75) is 49.5 Å². The molecule has 0 bridgehead atoms. The smallest absolute Gasteiger partial charge is 0.285 e. The summed E-state index contributed by atoms with van der Waals surface area (Å²) in [5.41, 5.74) is 2.42. The monoisotopic (exact) mass is 481 g/mol. The van der Waals surface area contributed by atoms with Crippen molar-refractivity contribution in [2.24, 2.45) is 9.50 Å². The Labute approximate surface area is 201 Å². The zero-order valence-electron chi connectivity index (χ0n) is 19.6. The van der Waals surface area contributed by atoms with E-state index in [0.717, 1.165) is 36.9 Å². The number of carbonyl (C=O) groups is 1. The van der Waals surface area contributed by atoms with Gasteiger partial charge in [0.15, 0.2) is 5.84 Å². The second kappa shape index (κ2) is 10.4. The van der Waals surface area contributed by atoms with E-state index in [9.17, 15) is 13.2 Å². The zero-order chi connectivity index (χ0) is 24.1. The van der Waals surface area contributed by atoms with E-state index >= 15 is 0 Å². The summed E-state index contributed by atoms with van der Waals surface area (Å²) in [6.07, 6.45) is 7.36. The summed E-state index contributed by atoms with van der Waals surface area (Å²) in [5.74, 6) is 0.180. The maximum atomic E-state index is 12.6. The molecule has 0 aromatic heterocycles. The quantitative estimate of drug-likeness (QED) is 0.483. The molecule has 4 rings (SSSR count). The van der Waals surface area contributed by atoms with E-state index < -0.39 is 10.0 Å². The molecule has 1 aliphatic carbocycles. The van der Waals surface area contributed by atoms with E-state index in [4.69, 9.17) is 0 Å². The molecule has 2 aliphatic rings. The first-order chi connectivity index (χ1) is 16.3. The molecule has 1 amide bonds. The maximum absolute atomic E-state index is 12.6. The molecule has 1 aliphatic heterocycles. The summed E-state index contributed by atoms with van der Waals surface area (Å²) in [6, 6.07) is 14.8. The predicted octanol–water partition coefficient (Wildman–Crippen LogP) is 3.38. The molecule has 9 heteroatoms. The highest BCUT2D eigenvalue weighted by molar-refractivity contribution is 7.90. The molecular weight excluding hydrogens is 450 g/mol. The van der Waals surface area contributed by atoms with Crippen LogP contribution in [0.3, 0.4) is 0 Å². The van der Waals surface area contributed by atoms with Crippen LogP contribution < -0.4 is 10.2 Å². The van der Waals surface area contributed by atoms with Gasteiger partial charge in [0.05, 0.1) is 12.8 Å². The molecule has 34 heavy (non-hydrogen) atoms. The van der Waals surface area contributed by atoms with Gasteiger partial charge in [0.1, 0.15) is 4.90 Å². The second-order valence-corrected chi connectivity index (χ2v) is 10.5. The average Bonchev–Trinajstić information content (AvgIpc) is 3.11. The lowest BCUT2D eigenvalue weighted by Crippen LogP contribution is -2.38. The van der Waals surface area contributed by atoms with Gasteiger partial charge in [0.2, 0.25) is 5.91 Å². The fourth-order valence-corrected chi connectivity index (χ4v) is 5.45. The Bertz CT molecular complexity index is 1180. The molecule has 8 nitrogen and oxygen atoms in total. The van der Waals surface area contributed by atoms with Crippen LogP contribution in [0.25, 0.3) is 0 Å². The number of hydrazone groups is 1. The second-order valence-electron chi connectivity index (χ2n) is 8.89. The van der Waals surface area contributed by atoms with Crippen molar-refractivity contribution < 1.29 is 13.2 Å². The molecule has 1 saturated carbocycles. The zero-order valence-corrected chi connectivity index (χ0v) is 20.5. The number of fused-ring (bicyclic) bond motifs is 1. The van der Waals surface area contributed by atoms with Gasteiger partial charge >= 0.3 is 0 Å². The number of benzene rings is 2. The third kappa shape index (κ3) is 5.64. The van der Waals surface area contributed by atoms with Gasteiger partial charge in [-0.05, 0) is 42.7 Å². The molecule has 0 atom stereocenters. The lowest BCUT2D eigenvalue weighted by Gasteiger charge is -2.24. The van der Waals surface area contributed by atoms with Gasteiger partial charge in [0, 0.05) is 37.8 Å². The minimum absolute atomic E-state index is 0.0582. The van der Waals surface area contributed by atoms with Crippen LogP contribution in [0.1, 0.15) is 49.7 Å². The van der Waals surface area contributed by atoms with Crippen molar-refractivity contribution in [1.82, 2.24) is 10.3 Å². The molecule has 1 fully saturated rings. The molecule has 1 heterocycles. The molecule has 180 valence electrons. The number of amides is 1. The van der Waals surface area contributed by atoms with Crippen molar-refractivity contribution in [3.8, 4) is 0 Å². The van der Waals surface area contributed by atoms with Crippen LogP contribution in [0.2, 0.25) is 0 Å². The lowest BCUT2D eigenvalue weighted by atomic mass is 9.95. The van der Waals surface area contributed by atoms with Crippen LogP contribution in [0, 0.1) is 0 Å². The number of nitrogens with zero attached hydrogens (tertiary/aromatic N) is 4. The number of anilines is 1. The summed E-state index contributed by atoms with van der Waals surface area (Å²) in [6.45, 7) is 0.216. The molecular formula is C25H31N5O3S. The van der Waals surface area contributed by atoms with Crippen molar-refractivity contribution in [3.63, 3.8) is 0 Å². The highest BCUT2D eigenvalue weighted by atomic mass is 32.2. The third-order valence-electron chi connectivity index (χ3n) is 6.13. The van der Waals surface area contributed by atoms with Gasteiger partial charge in [-0.15, -0.1) is 4.40 Å². The van der Waals surface area contributed by atoms with Gasteiger partial charge in [-0.3, -0.25) is 4.79 Å². The molecule has 0 spiro atoms. The average molecular weight is 482 g/mol. The number of carbonyl (C=O) groups excluding carboxylic acids is 1. The first-order valence-electron chi connectivity index (χ1n) is 11.7. The Morgan fingerprint density at radius 1 is 1.09 bits per heavy atom. The van der Waals surface area contributed by atoms with E-state index in [1.54, 1.807) is 30.5 Å². The van der Waals surface area contributed by atoms with Gasteiger partial charge in [-0.1, -0.05) is 43.5 Å². The SMILES string of the molecule is CN(C)c1ccc(C=NN(CCC(=O)NC2CCCCC2)C2=NS(=O)(=O)c3ccccc32)cc1. The number of sulfonamides is 1. The Morgan fingerprint density at radius 3 is 2.50 bits per heavy atom. The van der Waals surface area contributed by atoms with E-state index in [1.807, 2.05) is 43.3 Å². The first-order valence-corrected chi connectivity index (χ1v) is 13.1. The largest absolute Gasteiger partial charge is 0.378 e. The minimum atomic E-state index is -3.79. The Kier molecular flexibility index (Phi) is 7.31. The van der Waals surface area contributed by atoms with Gasteiger partial charge in [-0.2, -0.15) is 13.5 Å². The van der Waals surface area contributed by atoms with Crippen LogP contribution in [-0.4, -0.2) is 58.1 Å². The van der Waals surface area contributed by atoms with Crippen molar-refractivity contribution in [3.05, 3.63) is 59.7 Å². The van der Waals surface area contributed by atoms with E-state index in [-0.39, 0.29) is 35.6 Å². The number of nitrogens with one attached hydrogen (secondary N) is 1. The number of hydrogen-bond acceptors (Lipinski definition) is 6. The molecule has 0 unspecified atom stereocenters.